The summed E-state index contributed by atoms with van der Waals surface area (Å²) in [7, 11) is 0. The average Bonchev–Trinajstić information content (AvgIpc) is 2.74. The van der Waals surface area contributed by atoms with Crippen LogP contribution in [0.2, 0.25) is 0 Å². The number of aromatic nitrogens is 4. The van der Waals surface area contributed by atoms with Gasteiger partial charge < -0.3 is 5.73 Å². The van der Waals surface area contributed by atoms with Gasteiger partial charge in [0.2, 0.25) is 0 Å². The first kappa shape index (κ1) is 12.5. The van der Waals surface area contributed by atoms with Crippen LogP contribution in [0.5, 0.6) is 0 Å². The van der Waals surface area contributed by atoms with Gasteiger partial charge in [-0.05, 0) is 36.2 Å². The summed E-state index contributed by atoms with van der Waals surface area (Å²) in [6, 6.07) is 0. The zero-order chi connectivity index (χ0) is 11.9. The fourth-order valence-corrected chi connectivity index (χ4v) is 2.62. The molecule has 17 heavy (non-hydrogen) atoms. The minimum atomic E-state index is 0.558. The SMILES string of the molecule is NCCCn1nnnc1C1CCCCCCC1. The third-order valence-electron chi connectivity index (χ3n) is 3.60. The molecule has 0 unspecified atom stereocenters. The highest BCUT2D eigenvalue weighted by Gasteiger charge is 2.19. The summed E-state index contributed by atoms with van der Waals surface area (Å²) in [4.78, 5) is 0. The molecular weight excluding hydrogens is 214 g/mol. The Hall–Kier alpha value is -0.970. The fraction of sp³-hybridized carbons (Fsp3) is 0.917. The first-order chi connectivity index (χ1) is 8.42. The van der Waals surface area contributed by atoms with Gasteiger partial charge in [0.1, 0.15) is 0 Å². The van der Waals surface area contributed by atoms with Crippen LogP contribution in [0.4, 0.5) is 0 Å². The topological polar surface area (TPSA) is 69.6 Å². The third kappa shape index (κ3) is 3.49. The van der Waals surface area contributed by atoms with Crippen molar-refractivity contribution >= 4 is 0 Å². The summed E-state index contributed by atoms with van der Waals surface area (Å²) in [5, 5.41) is 12.1. The van der Waals surface area contributed by atoms with E-state index in [4.69, 9.17) is 5.73 Å². The second-order valence-corrected chi connectivity index (χ2v) is 4.94. The van der Waals surface area contributed by atoms with Crippen LogP contribution in [0.25, 0.3) is 0 Å². The molecule has 0 aliphatic heterocycles. The van der Waals surface area contributed by atoms with Crippen molar-refractivity contribution in [3.63, 3.8) is 0 Å². The lowest BCUT2D eigenvalue weighted by atomic mass is 9.90. The highest BCUT2D eigenvalue weighted by atomic mass is 15.5. The van der Waals surface area contributed by atoms with Gasteiger partial charge in [-0.25, -0.2) is 4.68 Å². The molecule has 1 aromatic heterocycles. The van der Waals surface area contributed by atoms with E-state index < -0.39 is 0 Å². The lowest BCUT2D eigenvalue weighted by Crippen LogP contribution is -2.14. The molecule has 0 saturated heterocycles. The average molecular weight is 237 g/mol. The molecule has 1 aromatic rings. The summed E-state index contributed by atoms with van der Waals surface area (Å²) in [5.74, 6) is 1.64. The molecule has 1 saturated carbocycles. The van der Waals surface area contributed by atoms with Crippen LogP contribution in [0.1, 0.15) is 63.1 Å². The van der Waals surface area contributed by atoms with Crippen LogP contribution in [0.15, 0.2) is 0 Å². The van der Waals surface area contributed by atoms with Crippen molar-refractivity contribution in [1.29, 1.82) is 0 Å². The lowest BCUT2D eigenvalue weighted by Gasteiger charge is -2.18. The second kappa shape index (κ2) is 6.69. The van der Waals surface area contributed by atoms with Crippen molar-refractivity contribution < 1.29 is 0 Å². The van der Waals surface area contributed by atoms with E-state index in [1.54, 1.807) is 0 Å². The van der Waals surface area contributed by atoms with Crippen LogP contribution >= 0.6 is 0 Å². The quantitative estimate of drug-likeness (QED) is 0.867. The van der Waals surface area contributed by atoms with Crippen molar-refractivity contribution in [3.8, 4) is 0 Å². The van der Waals surface area contributed by atoms with Gasteiger partial charge in [-0.15, -0.1) is 5.10 Å². The number of nitrogens with zero attached hydrogens (tertiary/aromatic N) is 4. The predicted octanol–water partition coefficient (Wildman–Crippen LogP) is 1.85. The number of nitrogens with two attached hydrogens (primary N) is 1. The normalized spacial score (nSPS) is 18.9. The predicted molar refractivity (Wildman–Crippen MR) is 66.5 cm³/mol. The maximum absolute atomic E-state index is 5.54. The van der Waals surface area contributed by atoms with E-state index in [2.05, 4.69) is 15.5 Å². The maximum atomic E-state index is 5.54. The van der Waals surface area contributed by atoms with E-state index in [9.17, 15) is 0 Å². The highest BCUT2D eigenvalue weighted by Crippen LogP contribution is 2.29. The van der Waals surface area contributed by atoms with Gasteiger partial charge in [0, 0.05) is 12.5 Å². The molecule has 2 rings (SSSR count). The van der Waals surface area contributed by atoms with E-state index in [1.165, 1.54) is 44.9 Å². The lowest BCUT2D eigenvalue weighted by molar-refractivity contribution is 0.419. The Morgan fingerprint density at radius 1 is 1.12 bits per heavy atom. The van der Waals surface area contributed by atoms with Gasteiger partial charge in [-0.1, -0.05) is 32.1 Å². The van der Waals surface area contributed by atoms with Gasteiger partial charge in [-0.2, -0.15) is 0 Å². The van der Waals surface area contributed by atoms with E-state index in [1.807, 2.05) is 4.68 Å². The molecule has 0 bridgehead atoms. The number of aryl methyl sites for hydroxylation is 1. The zero-order valence-corrected chi connectivity index (χ0v) is 10.5. The molecule has 0 atom stereocenters. The summed E-state index contributed by atoms with van der Waals surface area (Å²) in [5.41, 5.74) is 5.54. The van der Waals surface area contributed by atoms with Crippen molar-refractivity contribution in [2.24, 2.45) is 5.73 Å². The minimum Gasteiger partial charge on any atom is -0.330 e. The van der Waals surface area contributed by atoms with Crippen LogP contribution in [-0.2, 0) is 6.54 Å². The van der Waals surface area contributed by atoms with E-state index in [0.717, 1.165) is 18.8 Å². The first-order valence-corrected chi connectivity index (χ1v) is 6.88. The van der Waals surface area contributed by atoms with Gasteiger partial charge in [0.05, 0.1) is 0 Å². The molecule has 1 heterocycles. The standard InChI is InChI=1S/C12H23N5/c13-9-6-10-17-12(14-15-16-17)11-7-4-2-1-3-5-8-11/h11H,1-10,13H2. The minimum absolute atomic E-state index is 0.558. The zero-order valence-electron chi connectivity index (χ0n) is 10.5. The van der Waals surface area contributed by atoms with Gasteiger partial charge in [-0.3, -0.25) is 0 Å². The molecule has 5 nitrogen and oxygen atoms in total. The Morgan fingerprint density at radius 2 is 1.82 bits per heavy atom. The number of hydrogen-bond acceptors (Lipinski definition) is 4. The molecule has 1 aliphatic rings. The fourth-order valence-electron chi connectivity index (χ4n) is 2.62. The summed E-state index contributed by atoms with van der Waals surface area (Å²) in [6.45, 7) is 1.55. The molecule has 0 amide bonds. The third-order valence-corrected chi connectivity index (χ3v) is 3.60. The van der Waals surface area contributed by atoms with Crippen molar-refractivity contribution in [2.75, 3.05) is 6.54 Å². The molecule has 1 fully saturated rings. The second-order valence-electron chi connectivity index (χ2n) is 4.94. The Balaban J connectivity index is 2.00. The Kier molecular flexibility index (Phi) is 4.91. The van der Waals surface area contributed by atoms with E-state index >= 15 is 0 Å². The molecule has 0 spiro atoms. The van der Waals surface area contributed by atoms with Gasteiger partial charge in [0.25, 0.3) is 0 Å². The largest absolute Gasteiger partial charge is 0.330 e. The molecular formula is C12H23N5. The number of rotatable bonds is 4. The maximum Gasteiger partial charge on any atom is 0.154 e. The molecule has 96 valence electrons. The van der Waals surface area contributed by atoms with E-state index in [-0.39, 0.29) is 0 Å². The molecule has 0 aromatic carbocycles. The summed E-state index contributed by atoms with van der Waals surface area (Å²) in [6.07, 6.45) is 10.2. The molecule has 1 aliphatic carbocycles. The first-order valence-electron chi connectivity index (χ1n) is 6.88. The Morgan fingerprint density at radius 3 is 2.53 bits per heavy atom. The smallest absolute Gasteiger partial charge is 0.154 e. The highest BCUT2D eigenvalue weighted by molar-refractivity contribution is 4.94. The summed E-state index contributed by atoms with van der Waals surface area (Å²) >= 11 is 0. The summed E-state index contributed by atoms with van der Waals surface area (Å²) < 4.78 is 1.96. The monoisotopic (exact) mass is 237 g/mol. The number of tetrazole rings is 1. The van der Waals surface area contributed by atoms with Gasteiger partial charge in [0.15, 0.2) is 5.82 Å². The van der Waals surface area contributed by atoms with Crippen LogP contribution in [-0.4, -0.2) is 26.8 Å². The van der Waals surface area contributed by atoms with E-state index in [0.29, 0.717) is 12.5 Å². The number of hydrogen-bond donors (Lipinski definition) is 1. The van der Waals surface area contributed by atoms with Gasteiger partial charge >= 0.3 is 0 Å². The van der Waals surface area contributed by atoms with Crippen molar-refractivity contribution in [3.05, 3.63) is 5.82 Å². The molecule has 5 heteroatoms. The van der Waals surface area contributed by atoms with Crippen molar-refractivity contribution in [1.82, 2.24) is 20.2 Å². The van der Waals surface area contributed by atoms with Crippen LogP contribution in [0, 0.1) is 0 Å². The van der Waals surface area contributed by atoms with Crippen LogP contribution < -0.4 is 5.73 Å². The molecule has 2 N–H and O–H groups in total. The Labute approximate surface area is 103 Å². The van der Waals surface area contributed by atoms with Crippen molar-refractivity contribution in [2.45, 2.75) is 63.8 Å². The molecule has 0 radical (unpaired) electrons. The Bertz CT molecular complexity index is 314. The van der Waals surface area contributed by atoms with Crippen LogP contribution in [0.3, 0.4) is 0 Å².